The highest BCUT2D eigenvalue weighted by Crippen LogP contribution is 2.36. The Kier molecular flexibility index (Phi) is 4.90. The van der Waals surface area contributed by atoms with E-state index >= 15 is 0 Å². The molecule has 1 N–H and O–H groups in total. The maximum atomic E-state index is 9.58. The molecular weight excluding hydrogens is 376 g/mol. The molecule has 2 aromatic carbocycles. The zero-order valence-corrected chi connectivity index (χ0v) is 13.7. The van der Waals surface area contributed by atoms with Crippen molar-refractivity contribution in [3.63, 3.8) is 0 Å². The molecule has 0 aliphatic heterocycles. The Morgan fingerprint density at radius 3 is 2.39 bits per heavy atom. The van der Waals surface area contributed by atoms with Crippen molar-refractivity contribution in [1.82, 2.24) is 0 Å². The molecule has 1 nitrogen and oxygen atoms in total. The van der Waals surface area contributed by atoms with E-state index in [1.165, 1.54) is 4.90 Å². The van der Waals surface area contributed by atoms with Gasteiger partial charge in [-0.3, -0.25) is 0 Å². The lowest BCUT2D eigenvalue weighted by Crippen LogP contribution is -1.92. The van der Waals surface area contributed by atoms with Crippen LogP contribution >= 0.6 is 43.6 Å². The van der Waals surface area contributed by atoms with Crippen molar-refractivity contribution in [2.24, 2.45) is 0 Å². The Morgan fingerprint density at radius 2 is 1.78 bits per heavy atom. The van der Waals surface area contributed by atoms with Crippen LogP contribution in [0.1, 0.15) is 18.6 Å². The van der Waals surface area contributed by atoms with Gasteiger partial charge in [-0.1, -0.05) is 45.9 Å². The Balaban J connectivity index is 2.26. The molecule has 0 unspecified atom stereocenters. The summed E-state index contributed by atoms with van der Waals surface area (Å²) >= 11 is 8.72. The Morgan fingerprint density at radius 1 is 1.06 bits per heavy atom. The minimum atomic E-state index is -0.457. The fourth-order valence-electron chi connectivity index (χ4n) is 1.56. The number of benzene rings is 2. The molecule has 0 bridgehead atoms. The molecule has 0 fully saturated rings. The van der Waals surface area contributed by atoms with Gasteiger partial charge in [-0.25, -0.2) is 0 Å². The van der Waals surface area contributed by atoms with Crippen molar-refractivity contribution in [1.29, 1.82) is 0 Å². The Labute approximate surface area is 128 Å². The lowest BCUT2D eigenvalue weighted by Gasteiger charge is -2.10. The van der Waals surface area contributed by atoms with Crippen LogP contribution in [-0.2, 0) is 0 Å². The van der Waals surface area contributed by atoms with E-state index in [0.29, 0.717) is 0 Å². The van der Waals surface area contributed by atoms with Crippen molar-refractivity contribution in [2.75, 3.05) is 0 Å². The highest BCUT2D eigenvalue weighted by molar-refractivity contribution is 9.10. The van der Waals surface area contributed by atoms with E-state index in [-0.39, 0.29) is 0 Å². The summed E-state index contributed by atoms with van der Waals surface area (Å²) < 4.78 is 2.03. The van der Waals surface area contributed by atoms with Gasteiger partial charge < -0.3 is 5.11 Å². The zero-order valence-electron chi connectivity index (χ0n) is 9.73. The first-order chi connectivity index (χ1) is 8.58. The van der Waals surface area contributed by atoms with Crippen LogP contribution in [0, 0.1) is 0 Å². The van der Waals surface area contributed by atoms with Crippen LogP contribution in [0.4, 0.5) is 0 Å². The van der Waals surface area contributed by atoms with Crippen molar-refractivity contribution in [2.45, 2.75) is 22.8 Å². The van der Waals surface area contributed by atoms with E-state index < -0.39 is 6.10 Å². The standard InChI is InChI=1S/C14H12Br2OS/c1-9(17)11-7-6-10(8-13(11)16)18-14-5-3-2-4-12(14)15/h2-9,17H,1H3/t9-/m1/s1. The molecule has 1 atom stereocenters. The third kappa shape index (κ3) is 3.38. The second-order valence-electron chi connectivity index (χ2n) is 3.89. The Bertz CT molecular complexity index is 555. The molecule has 0 heterocycles. The van der Waals surface area contributed by atoms with Gasteiger partial charge >= 0.3 is 0 Å². The van der Waals surface area contributed by atoms with Crippen LogP contribution in [0.2, 0.25) is 0 Å². The SMILES string of the molecule is C[C@@H](O)c1ccc(Sc2ccccc2Br)cc1Br. The summed E-state index contributed by atoms with van der Waals surface area (Å²) in [7, 11) is 0. The Hall–Kier alpha value is -0.290. The highest BCUT2D eigenvalue weighted by atomic mass is 79.9. The molecule has 0 aromatic heterocycles. The van der Waals surface area contributed by atoms with Gasteiger partial charge in [0, 0.05) is 18.7 Å². The predicted molar refractivity (Wildman–Crippen MR) is 83.0 cm³/mol. The van der Waals surface area contributed by atoms with Crippen molar-refractivity contribution >= 4 is 43.6 Å². The molecule has 0 saturated carbocycles. The van der Waals surface area contributed by atoms with Gasteiger partial charge in [0.25, 0.3) is 0 Å². The summed E-state index contributed by atoms with van der Waals surface area (Å²) in [4.78, 5) is 2.31. The summed E-state index contributed by atoms with van der Waals surface area (Å²) in [5.41, 5.74) is 0.909. The largest absolute Gasteiger partial charge is 0.389 e. The quantitative estimate of drug-likeness (QED) is 0.758. The van der Waals surface area contributed by atoms with Gasteiger partial charge in [-0.05, 0) is 52.7 Å². The van der Waals surface area contributed by atoms with Crippen LogP contribution < -0.4 is 0 Å². The van der Waals surface area contributed by atoms with E-state index in [1.54, 1.807) is 18.7 Å². The average Bonchev–Trinajstić information content (AvgIpc) is 2.32. The van der Waals surface area contributed by atoms with Crippen LogP contribution in [0.3, 0.4) is 0 Å². The van der Waals surface area contributed by atoms with Gasteiger partial charge in [0.05, 0.1) is 6.10 Å². The summed E-state index contributed by atoms with van der Waals surface area (Å²) in [5.74, 6) is 0. The van der Waals surface area contributed by atoms with E-state index in [4.69, 9.17) is 0 Å². The normalized spacial score (nSPS) is 12.4. The number of hydrogen-bond donors (Lipinski definition) is 1. The number of rotatable bonds is 3. The minimum absolute atomic E-state index is 0.457. The first kappa shape index (κ1) is 14.1. The summed E-state index contributed by atoms with van der Waals surface area (Å²) in [6.45, 7) is 1.76. The smallest absolute Gasteiger partial charge is 0.0772 e. The molecule has 0 saturated heterocycles. The van der Waals surface area contributed by atoms with E-state index in [2.05, 4.69) is 37.9 Å². The number of aliphatic hydroxyl groups excluding tert-OH is 1. The summed E-state index contributed by atoms with van der Waals surface area (Å²) in [5, 5.41) is 9.58. The second kappa shape index (κ2) is 6.24. The minimum Gasteiger partial charge on any atom is -0.389 e. The summed E-state index contributed by atoms with van der Waals surface area (Å²) in [6.07, 6.45) is -0.457. The van der Waals surface area contributed by atoms with Crippen molar-refractivity contribution in [3.05, 3.63) is 57.0 Å². The lowest BCUT2D eigenvalue weighted by atomic mass is 10.1. The van der Waals surface area contributed by atoms with Crippen molar-refractivity contribution < 1.29 is 5.11 Å². The summed E-state index contributed by atoms with van der Waals surface area (Å²) in [6, 6.07) is 14.1. The molecule has 0 spiro atoms. The lowest BCUT2D eigenvalue weighted by molar-refractivity contribution is 0.198. The van der Waals surface area contributed by atoms with Crippen LogP contribution in [0.25, 0.3) is 0 Å². The monoisotopic (exact) mass is 386 g/mol. The molecular formula is C14H12Br2OS. The maximum Gasteiger partial charge on any atom is 0.0772 e. The molecule has 2 aromatic rings. The average molecular weight is 388 g/mol. The molecule has 0 aliphatic rings. The molecule has 0 radical (unpaired) electrons. The second-order valence-corrected chi connectivity index (χ2v) is 6.72. The fourth-order valence-corrected chi connectivity index (χ4v) is 3.83. The number of hydrogen-bond acceptors (Lipinski definition) is 2. The first-order valence-corrected chi connectivity index (χ1v) is 7.88. The molecule has 18 heavy (non-hydrogen) atoms. The number of aliphatic hydroxyl groups is 1. The predicted octanol–water partition coefficient (Wildman–Crippen LogP) is 5.42. The molecule has 4 heteroatoms. The van der Waals surface area contributed by atoms with Crippen LogP contribution in [-0.4, -0.2) is 5.11 Å². The fraction of sp³-hybridized carbons (Fsp3) is 0.143. The van der Waals surface area contributed by atoms with Gasteiger partial charge in [0.2, 0.25) is 0 Å². The van der Waals surface area contributed by atoms with Gasteiger partial charge in [-0.15, -0.1) is 0 Å². The van der Waals surface area contributed by atoms with Gasteiger partial charge in [-0.2, -0.15) is 0 Å². The first-order valence-electron chi connectivity index (χ1n) is 5.48. The van der Waals surface area contributed by atoms with E-state index in [0.717, 1.165) is 19.4 Å². The molecule has 2 rings (SSSR count). The van der Waals surface area contributed by atoms with E-state index in [1.807, 2.05) is 36.4 Å². The van der Waals surface area contributed by atoms with Crippen LogP contribution in [0.15, 0.2) is 61.2 Å². The van der Waals surface area contributed by atoms with Gasteiger partial charge in [0.1, 0.15) is 0 Å². The maximum absolute atomic E-state index is 9.58. The molecule has 0 amide bonds. The van der Waals surface area contributed by atoms with E-state index in [9.17, 15) is 5.11 Å². The number of halogens is 2. The van der Waals surface area contributed by atoms with Gasteiger partial charge in [0.15, 0.2) is 0 Å². The third-order valence-corrected chi connectivity index (χ3v) is 5.19. The topological polar surface area (TPSA) is 20.2 Å². The van der Waals surface area contributed by atoms with Crippen molar-refractivity contribution in [3.8, 4) is 0 Å². The highest BCUT2D eigenvalue weighted by Gasteiger charge is 2.08. The third-order valence-electron chi connectivity index (χ3n) is 2.49. The zero-order chi connectivity index (χ0) is 13.1. The molecule has 0 aliphatic carbocycles. The van der Waals surface area contributed by atoms with Crippen LogP contribution in [0.5, 0.6) is 0 Å². The molecule has 94 valence electrons.